The van der Waals surface area contributed by atoms with Crippen molar-refractivity contribution in [3.05, 3.63) is 12.2 Å². The maximum Gasteiger partial charge on any atom is 0.417 e. The Kier molecular flexibility index (Phi) is 3.68. The number of carbonyl (C=O) groups excluding carboxylic acids is 2. The van der Waals surface area contributed by atoms with Crippen molar-refractivity contribution in [3.63, 3.8) is 0 Å². The van der Waals surface area contributed by atoms with Crippen LogP contribution in [-0.2, 0) is 9.53 Å². The van der Waals surface area contributed by atoms with Gasteiger partial charge in [0.2, 0.25) is 5.91 Å². The number of aliphatic hydroxyl groups excluding tert-OH is 1. The highest BCUT2D eigenvalue weighted by atomic mass is 79.9. The molecule has 2 saturated carbocycles. The lowest BCUT2D eigenvalue weighted by Gasteiger charge is -2.42. The van der Waals surface area contributed by atoms with Crippen molar-refractivity contribution in [1.29, 1.82) is 0 Å². The average molecular weight is 372 g/mol. The molecule has 1 aliphatic heterocycles. The van der Waals surface area contributed by atoms with Gasteiger partial charge in [-0.15, -0.1) is 0 Å². The highest BCUT2D eigenvalue weighted by Crippen LogP contribution is 2.66. The van der Waals surface area contributed by atoms with E-state index in [0.29, 0.717) is 5.92 Å². The molecule has 0 aromatic rings. The largest absolute Gasteiger partial charge is 0.443 e. The van der Waals surface area contributed by atoms with Crippen LogP contribution in [0.4, 0.5) is 4.79 Å². The summed E-state index contributed by atoms with van der Waals surface area (Å²) < 4.78 is 5.51. The summed E-state index contributed by atoms with van der Waals surface area (Å²) in [5.74, 6) is 0.0591. The predicted molar refractivity (Wildman–Crippen MR) is 84.5 cm³/mol. The first-order chi connectivity index (χ1) is 10.3. The molecule has 5 atom stereocenters. The third-order valence-electron chi connectivity index (χ3n) is 6.01. The molecule has 3 unspecified atom stereocenters. The number of alkyl halides is 1. The smallest absolute Gasteiger partial charge is 0.417 e. The van der Waals surface area contributed by atoms with Crippen LogP contribution in [0.25, 0.3) is 0 Å². The second-order valence-corrected chi connectivity index (χ2v) is 8.07. The second kappa shape index (κ2) is 5.06. The van der Waals surface area contributed by atoms with Crippen molar-refractivity contribution in [2.75, 3.05) is 0 Å². The molecule has 3 aliphatic rings. The quantitative estimate of drug-likeness (QED) is 0.611. The molecule has 5 nitrogen and oxygen atoms in total. The first kappa shape index (κ1) is 16.0. The minimum absolute atomic E-state index is 0.155. The fraction of sp³-hybridized carbons (Fsp3) is 0.750. The summed E-state index contributed by atoms with van der Waals surface area (Å²) in [5, 5.41) is 10.0. The zero-order chi connectivity index (χ0) is 16.3. The second-order valence-electron chi connectivity index (χ2n) is 7.08. The van der Waals surface area contributed by atoms with E-state index in [1.807, 2.05) is 0 Å². The summed E-state index contributed by atoms with van der Waals surface area (Å²) in [6, 6.07) is 0. The molecule has 1 heterocycles. The summed E-state index contributed by atoms with van der Waals surface area (Å²) in [7, 11) is 0. The Morgan fingerprint density at radius 2 is 2.23 bits per heavy atom. The first-order valence-electron chi connectivity index (χ1n) is 7.77. The molecule has 6 heteroatoms. The number of rotatable bonds is 3. The standard InChI is InChI=1S/C16H22BrNO4/c1-4-5-10(19)12(17)13(20)18-14(21)22-11-8-9-6-7-16(11,18)15(9,2)3/h4-5,9-12,19H,6-8H2,1-3H3/b5-4+/t9?,10-,11?,12+,16?/m0/s1. The lowest BCUT2D eigenvalue weighted by Crippen LogP contribution is -2.59. The Morgan fingerprint density at radius 1 is 1.55 bits per heavy atom. The molecule has 122 valence electrons. The summed E-state index contributed by atoms with van der Waals surface area (Å²) >= 11 is 3.25. The van der Waals surface area contributed by atoms with Gasteiger partial charge < -0.3 is 9.84 Å². The molecule has 3 rings (SSSR count). The molecule has 1 N–H and O–H groups in total. The molecule has 0 radical (unpaired) electrons. The normalized spacial score (nSPS) is 38.2. The van der Waals surface area contributed by atoms with E-state index in [1.165, 1.54) is 11.0 Å². The summed E-state index contributed by atoms with van der Waals surface area (Å²) in [6.45, 7) is 6.02. The van der Waals surface area contributed by atoms with Crippen molar-refractivity contribution in [3.8, 4) is 0 Å². The molecule has 3 fully saturated rings. The van der Waals surface area contributed by atoms with Crippen molar-refractivity contribution < 1.29 is 19.4 Å². The number of fused-ring (bicyclic) bond motifs is 1. The number of allylic oxidation sites excluding steroid dienone is 1. The van der Waals surface area contributed by atoms with Crippen molar-refractivity contribution in [2.24, 2.45) is 11.3 Å². The van der Waals surface area contributed by atoms with Gasteiger partial charge in [0, 0.05) is 0 Å². The van der Waals surface area contributed by atoms with Gasteiger partial charge in [-0.25, -0.2) is 9.69 Å². The first-order valence-corrected chi connectivity index (χ1v) is 8.68. The van der Waals surface area contributed by atoms with Gasteiger partial charge in [0.1, 0.15) is 10.9 Å². The van der Waals surface area contributed by atoms with Crippen molar-refractivity contribution >= 4 is 27.9 Å². The van der Waals surface area contributed by atoms with Crippen LogP contribution in [0.3, 0.4) is 0 Å². The van der Waals surface area contributed by atoms with Gasteiger partial charge >= 0.3 is 6.09 Å². The highest BCUT2D eigenvalue weighted by Gasteiger charge is 2.74. The third kappa shape index (κ3) is 1.80. The van der Waals surface area contributed by atoms with Crippen molar-refractivity contribution in [1.82, 2.24) is 4.90 Å². The molecule has 2 aliphatic carbocycles. The van der Waals surface area contributed by atoms with Gasteiger partial charge in [0.05, 0.1) is 11.6 Å². The van der Waals surface area contributed by atoms with E-state index in [-0.39, 0.29) is 11.5 Å². The van der Waals surface area contributed by atoms with Gasteiger partial charge in [-0.2, -0.15) is 0 Å². The van der Waals surface area contributed by atoms with Crippen molar-refractivity contribution in [2.45, 2.75) is 62.6 Å². The van der Waals surface area contributed by atoms with Crippen LogP contribution >= 0.6 is 15.9 Å². The number of ether oxygens (including phenoxy) is 1. The zero-order valence-electron chi connectivity index (χ0n) is 13.1. The van der Waals surface area contributed by atoms with Crippen LogP contribution in [0.5, 0.6) is 0 Å². The van der Waals surface area contributed by atoms with E-state index < -0.39 is 28.5 Å². The number of carbonyl (C=O) groups is 2. The third-order valence-corrected chi connectivity index (χ3v) is 6.95. The summed E-state index contributed by atoms with van der Waals surface area (Å²) in [6.07, 6.45) is 4.08. The van der Waals surface area contributed by atoms with E-state index in [1.54, 1.807) is 13.0 Å². The maximum atomic E-state index is 12.9. The van der Waals surface area contributed by atoms with Gasteiger partial charge in [-0.05, 0) is 37.5 Å². The monoisotopic (exact) mass is 371 g/mol. The van der Waals surface area contributed by atoms with Crippen LogP contribution in [0, 0.1) is 11.3 Å². The van der Waals surface area contributed by atoms with E-state index in [9.17, 15) is 14.7 Å². The predicted octanol–water partition coefficient (Wildman–Crippen LogP) is 2.61. The lowest BCUT2D eigenvalue weighted by atomic mass is 9.74. The van der Waals surface area contributed by atoms with Crippen LogP contribution < -0.4 is 0 Å². The average Bonchev–Trinajstić information content (AvgIpc) is 2.97. The zero-order valence-corrected chi connectivity index (χ0v) is 14.7. The number of hydrogen-bond donors (Lipinski definition) is 1. The Hall–Kier alpha value is -0.880. The molecule has 1 saturated heterocycles. The molecular formula is C16H22BrNO4. The van der Waals surface area contributed by atoms with Crippen LogP contribution in [-0.4, -0.2) is 44.6 Å². The molecule has 1 spiro atoms. The molecule has 2 bridgehead atoms. The fourth-order valence-corrected chi connectivity index (χ4v) is 5.13. The summed E-state index contributed by atoms with van der Waals surface area (Å²) in [5.41, 5.74) is -0.717. The highest BCUT2D eigenvalue weighted by molar-refractivity contribution is 9.10. The van der Waals surface area contributed by atoms with Crippen LogP contribution in [0.15, 0.2) is 12.2 Å². The van der Waals surface area contributed by atoms with Crippen LogP contribution in [0.1, 0.15) is 40.0 Å². The fourth-order valence-electron chi connectivity index (χ4n) is 4.75. The van der Waals surface area contributed by atoms with Gasteiger partial charge in [-0.1, -0.05) is 41.9 Å². The molecule has 2 amide bonds. The molecule has 0 aromatic heterocycles. The SMILES string of the molecule is C/C=C/[C@H](O)[C@@H](Br)C(=O)N1C(=O)OC2CC3CCC21C3(C)C. The number of amides is 2. The Labute approximate surface area is 138 Å². The number of imide groups is 1. The maximum absolute atomic E-state index is 12.9. The number of aliphatic hydroxyl groups is 1. The number of halogens is 1. The van der Waals surface area contributed by atoms with E-state index in [0.717, 1.165) is 19.3 Å². The van der Waals surface area contributed by atoms with E-state index in [2.05, 4.69) is 29.8 Å². The topological polar surface area (TPSA) is 66.8 Å². The molecule has 0 aromatic carbocycles. The number of hydrogen-bond acceptors (Lipinski definition) is 4. The number of nitrogens with zero attached hydrogens (tertiary/aromatic N) is 1. The van der Waals surface area contributed by atoms with E-state index in [4.69, 9.17) is 4.74 Å². The minimum Gasteiger partial charge on any atom is -0.443 e. The minimum atomic E-state index is -0.970. The summed E-state index contributed by atoms with van der Waals surface area (Å²) in [4.78, 5) is 25.7. The molecular weight excluding hydrogens is 350 g/mol. The Morgan fingerprint density at radius 3 is 2.82 bits per heavy atom. The Bertz CT molecular complexity index is 546. The Balaban J connectivity index is 1.96. The lowest BCUT2D eigenvalue weighted by molar-refractivity contribution is -0.135. The van der Waals surface area contributed by atoms with Gasteiger partial charge in [0.25, 0.3) is 0 Å². The van der Waals surface area contributed by atoms with E-state index >= 15 is 0 Å². The molecule has 22 heavy (non-hydrogen) atoms. The van der Waals surface area contributed by atoms with Crippen LogP contribution in [0.2, 0.25) is 0 Å². The van der Waals surface area contributed by atoms with Gasteiger partial charge in [0.15, 0.2) is 0 Å². The van der Waals surface area contributed by atoms with Gasteiger partial charge in [-0.3, -0.25) is 4.79 Å².